The van der Waals surface area contributed by atoms with Gasteiger partial charge in [0.15, 0.2) is 0 Å². The summed E-state index contributed by atoms with van der Waals surface area (Å²) in [4.78, 5) is 11.5. The van der Waals surface area contributed by atoms with E-state index in [0.717, 1.165) is 10.9 Å². The number of halogens is 1. The van der Waals surface area contributed by atoms with Gasteiger partial charge in [0, 0.05) is 23.0 Å². The van der Waals surface area contributed by atoms with Gasteiger partial charge in [-0.25, -0.2) is 9.36 Å². The largest absolute Gasteiger partial charge is 0.464 e. The number of rotatable bonds is 1. The zero-order valence-corrected chi connectivity index (χ0v) is 12.0. The highest BCUT2D eigenvalue weighted by Gasteiger charge is 2.25. The molecule has 0 amide bonds. The van der Waals surface area contributed by atoms with Crippen molar-refractivity contribution in [2.75, 3.05) is 0 Å². The van der Waals surface area contributed by atoms with Crippen LogP contribution >= 0.6 is 11.6 Å². The molecule has 19 heavy (non-hydrogen) atoms. The molecule has 102 valence electrons. The van der Waals surface area contributed by atoms with Gasteiger partial charge in [0.2, 0.25) is 0 Å². The van der Waals surface area contributed by atoms with Gasteiger partial charge in [-0.05, 0) is 17.7 Å². The Morgan fingerprint density at radius 2 is 2.05 bits per heavy atom. The van der Waals surface area contributed by atoms with E-state index in [2.05, 4.69) is 0 Å². The van der Waals surface area contributed by atoms with Crippen molar-refractivity contribution in [3.05, 3.63) is 34.5 Å². The molecule has 0 unspecified atom stereocenters. The first kappa shape index (κ1) is 13.9. The van der Waals surface area contributed by atoms with E-state index in [0.29, 0.717) is 22.8 Å². The Balaban J connectivity index is 2.88. The first-order valence-electron chi connectivity index (χ1n) is 6.04. The highest BCUT2D eigenvalue weighted by atomic mass is 35.5. The van der Waals surface area contributed by atoms with Gasteiger partial charge in [-0.1, -0.05) is 38.4 Å². The zero-order chi connectivity index (χ0) is 14.4. The molecular formula is C14H17ClN2O2. The molecule has 1 aromatic carbocycles. The lowest BCUT2D eigenvalue weighted by atomic mass is 9.92. The molecule has 0 spiro atoms. The van der Waals surface area contributed by atoms with Crippen molar-refractivity contribution < 1.29 is 9.90 Å². The molecule has 2 rings (SSSR count). The van der Waals surface area contributed by atoms with E-state index >= 15 is 0 Å². The number of hydrogen-bond donors (Lipinski definition) is 2. The minimum absolute atomic E-state index is 0.288. The van der Waals surface area contributed by atoms with Gasteiger partial charge >= 0.3 is 6.09 Å². The number of nitrogens with two attached hydrogens (primary N) is 1. The van der Waals surface area contributed by atoms with Crippen molar-refractivity contribution in [3.8, 4) is 0 Å². The topological polar surface area (TPSA) is 68.2 Å². The number of fused-ring (bicyclic) bond motifs is 1. The van der Waals surface area contributed by atoms with Crippen LogP contribution < -0.4 is 5.73 Å². The predicted octanol–water partition coefficient (Wildman–Crippen LogP) is 3.58. The fourth-order valence-corrected chi connectivity index (χ4v) is 2.50. The molecule has 4 nitrogen and oxygen atoms in total. The van der Waals surface area contributed by atoms with Gasteiger partial charge in [0.25, 0.3) is 0 Å². The molecule has 3 N–H and O–H groups in total. The Labute approximate surface area is 116 Å². The number of nitrogens with zero attached hydrogens (tertiary/aromatic N) is 1. The molecule has 0 bridgehead atoms. The SMILES string of the molecule is CC(C)(C)c1cc2c(Cl)c(CN)ccc2n1C(=O)O. The maximum atomic E-state index is 11.5. The summed E-state index contributed by atoms with van der Waals surface area (Å²) in [7, 11) is 0. The lowest BCUT2D eigenvalue weighted by Gasteiger charge is -2.19. The summed E-state index contributed by atoms with van der Waals surface area (Å²) in [6.45, 7) is 6.24. The van der Waals surface area contributed by atoms with Crippen LogP contribution in [-0.2, 0) is 12.0 Å². The van der Waals surface area contributed by atoms with Gasteiger partial charge in [-0.15, -0.1) is 0 Å². The second-order valence-electron chi connectivity index (χ2n) is 5.57. The normalized spacial score (nSPS) is 12.1. The fourth-order valence-electron chi connectivity index (χ4n) is 2.21. The van der Waals surface area contributed by atoms with Crippen LogP contribution in [-0.4, -0.2) is 15.8 Å². The molecule has 0 aliphatic rings. The van der Waals surface area contributed by atoms with Gasteiger partial charge in [-0.2, -0.15) is 0 Å². The number of carbonyl (C=O) groups is 1. The smallest absolute Gasteiger partial charge is 0.416 e. The Morgan fingerprint density at radius 3 is 2.53 bits per heavy atom. The maximum absolute atomic E-state index is 11.5. The van der Waals surface area contributed by atoms with E-state index < -0.39 is 6.09 Å². The molecule has 0 aliphatic carbocycles. The van der Waals surface area contributed by atoms with Gasteiger partial charge in [-0.3, -0.25) is 0 Å². The number of aromatic nitrogens is 1. The summed E-state index contributed by atoms with van der Waals surface area (Å²) in [6, 6.07) is 5.37. The monoisotopic (exact) mass is 280 g/mol. The average Bonchev–Trinajstić information content (AvgIpc) is 2.69. The van der Waals surface area contributed by atoms with Crippen molar-refractivity contribution in [2.45, 2.75) is 32.7 Å². The summed E-state index contributed by atoms with van der Waals surface area (Å²) in [5.74, 6) is 0. The molecule has 1 heterocycles. The third-order valence-corrected chi connectivity index (χ3v) is 3.63. The molecule has 0 radical (unpaired) electrons. The molecule has 0 saturated heterocycles. The molecule has 1 aromatic heterocycles. The highest BCUT2D eigenvalue weighted by Crippen LogP contribution is 2.34. The summed E-state index contributed by atoms with van der Waals surface area (Å²) in [5.41, 5.74) is 7.46. The van der Waals surface area contributed by atoms with Crippen LogP contribution in [0.2, 0.25) is 5.02 Å². The Bertz CT molecular complexity index is 653. The predicted molar refractivity (Wildman–Crippen MR) is 77.0 cm³/mol. The van der Waals surface area contributed by atoms with Crippen LogP contribution in [0, 0.1) is 0 Å². The van der Waals surface area contributed by atoms with E-state index in [4.69, 9.17) is 17.3 Å². The highest BCUT2D eigenvalue weighted by molar-refractivity contribution is 6.36. The Morgan fingerprint density at radius 1 is 1.42 bits per heavy atom. The van der Waals surface area contributed by atoms with Crippen LogP contribution in [0.3, 0.4) is 0 Å². The van der Waals surface area contributed by atoms with Gasteiger partial charge in [0.05, 0.1) is 10.5 Å². The standard InChI is InChI=1S/C14H17ClN2O2/c1-14(2,3)11-6-9-10(17(11)13(18)19)5-4-8(7-16)12(9)15/h4-6H,7,16H2,1-3H3,(H,18,19). The van der Waals surface area contributed by atoms with E-state index in [1.165, 1.54) is 4.57 Å². The van der Waals surface area contributed by atoms with Crippen molar-refractivity contribution >= 4 is 28.6 Å². The summed E-state index contributed by atoms with van der Waals surface area (Å²) in [6.07, 6.45) is -1.00. The van der Waals surface area contributed by atoms with Crippen molar-refractivity contribution in [1.29, 1.82) is 0 Å². The minimum Gasteiger partial charge on any atom is -0.464 e. The van der Waals surface area contributed by atoms with E-state index in [1.807, 2.05) is 26.8 Å². The number of benzene rings is 1. The molecule has 0 atom stereocenters. The first-order valence-corrected chi connectivity index (χ1v) is 6.42. The van der Waals surface area contributed by atoms with E-state index in [9.17, 15) is 9.90 Å². The van der Waals surface area contributed by atoms with E-state index in [1.54, 1.807) is 12.1 Å². The van der Waals surface area contributed by atoms with Crippen LogP contribution in [0.5, 0.6) is 0 Å². The summed E-state index contributed by atoms with van der Waals surface area (Å²) >= 11 is 6.30. The van der Waals surface area contributed by atoms with Crippen molar-refractivity contribution in [3.63, 3.8) is 0 Å². The Hall–Kier alpha value is -1.52. The quantitative estimate of drug-likeness (QED) is 0.839. The molecule has 0 aliphatic heterocycles. The Kier molecular flexibility index (Phi) is 3.32. The van der Waals surface area contributed by atoms with Crippen molar-refractivity contribution in [2.24, 2.45) is 5.73 Å². The second kappa shape index (κ2) is 4.54. The van der Waals surface area contributed by atoms with Crippen LogP contribution in [0.4, 0.5) is 4.79 Å². The lowest BCUT2D eigenvalue weighted by Crippen LogP contribution is -2.21. The minimum atomic E-state index is -1.00. The number of carboxylic acid groups (broad SMARTS) is 1. The first-order chi connectivity index (χ1) is 8.77. The number of hydrogen-bond acceptors (Lipinski definition) is 2. The molecule has 2 aromatic rings. The molecule has 0 fully saturated rings. The molecule has 0 saturated carbocycles. The summed E-state index contributed by atoms with van der Waals surface area (Å²) < 4.78 is 1.29. The maximum Gasteiger partial charge on any atom is 0.416 e. The fraction of sp³-hybridized carbons (Fsp3) is 0.357. The van der Waals surface area contributed by atoms with Gasteiger partial charge < -0.3 is 10.8 Å². The van der Waals surface area contributed by atoms with Crippen LogP contribution in [0.1, 0.15) is 32.0 Å². The lowest BCUT2D eigenvalue weighted by molar-refractivity contribution is 0.195. The van der Waals surface area contributed by atoms with Crippen molar-refractivity contribution in [1.82, 2.24) is 4.57 Å². The third-order valence-electron chi connectivity index (χ3n) is 3.18. The average molecular weight is 281 g/mol. The molecular weight excluding hydrogens is 264 g/mol. The summed E-state index contributed by atoms with van der Waals surface area (Å²) in [5, 5.41) is 10.7. The van der Waals surface area contributed by atoms with E-state index in [-0.39, 0.29) is 5.41 Å². The van der Waals surface area contributed by atoms with Crippen LogP contribution in [0.15, 0.2) is 18.2 Å². The van der Waals surface area contributed by atoms with Crippen LogP contribution in [0.25, 0.3) is 10.9 Å². The second-order valence-corrected chi connectivity index (χ2v) is 5.95. The third kappa shape index (κ3) is 2.22. The zero-order valence-electron chi connectivity index (χ0n) is 11.2. The molecule has 5 heteroatoms. The van der Waals surface area contributed by atoms with Gasteiger partial charge in [0.1, 0.15) is 0 Å².